The average Bonchev–Trinajstić information content (AvgIpc) is 2.93. The first-order valence-electron chi connectivity index (χ1n) is 11.4. The molecular formula is C31H20ClN3. The predicted molar refractivity (Wildman–Crippen MR) is 144 cm³/mol. The Hall–Kier alpha value is -4.34. The molecule has 166 valence electrons. The van der Waals surface area contributed by atoms with Crippen molar-refractivity contribution in [2.75, 3.05) is 0 Å². The van der Waals surface area contributed by atoms with E-state index >= 15 is 0 Å². The van der Waals surface area contributed by atoms with Gasteiger partial charge in [0.2, 0.25) is 0 Å². The number of nitrogens with zero attached hydrogens (tertiary/aromatic N) is 3. The molecule has 0 spiro atoms. The summed E-state index contributed by atoms with van der Waals surface area (Å²) >= 11 is 6.56. The van der Waals surface area contributed by atoms with Gasteiger partial charge in [0, 0.05) is 16.7 Å². The Labute approximate surface area is 208 Å². The minimum Gasteiger partial charge on any atom is -0.208 e. The number of fused-ring (bicyclic) bond motifs is 1. The predicted octanol–water partition coefficient (Wildman–Crippen LogP) is 8.35. The highest BCUT2D eigenvalue weighted by Gasteiger charge is 2.17. The SMILES string of the molecule is Clc1ccccc1-c1nc(-c2ccccc2)nc(-c2cc3ccccc3cc2-c2ccccc2)n1. The fraction of sp³-hybridized carbons (Fsp3) is 0. The smallest absolute Gasteiger partial charge is 0.165 e. The molecule has 4 heteroatoms. The Morgan fingerprint density at radius 1 is 0.400 bits per heavy atom. The summed E-state index contributed by atoms with van der Waals surface area (Å²) < 4.78 is 0. The van der Waals surface area contributed by atoms with Gasteiger partial charge in [-0.25, -0.2) is 15.0 Å². The van der Waals surface area contributed by atoms with Crippen LogP contribution in [0, 0.1) is 0 Å². The Balaban J connectivity index is 1.66. The van der Waals surface area contributed by atoms with Gasteiger partial charge >= 0.3 is 0 Å². The van der Waals surface area contributed by atoms with Gasteiger partial charge in [0.05, 0.1) is 5.02 Å². The molecule has 0 bridgehead atoms. The van der Waals surface area contributed by atoms with Gasteiger partial charge in [-0.15, -0.1) is 0 Å². The summed E-state index contributed by atoms with van der Waals surface area (Å²) in [6.07, 6.45) is 0. The molecule has 1 aromatic heterocycles. The average molecular weight is 470 g/mol. The van der Waals surface area contributed by atoms with Crippen LogP contribution in [0.3, 0.4) is 0 Å². The molecule has 6 aromatic rings. The van der Waals surface area contributed by atoms with Gasteiger partial charge in [-0.2, -0.15) is 0 Å². The topological polar surface area (TPSA) is 38.7 Å². The molecule has 0 saturated carbocycles. The molecule has 1 heterocycles. The highest BCUT2D eigenvalue weighted by Crippen LogP contribution is 2.36. The standard InChI is InChI=1S/C31H20ClN3/c32-28-18-10-9-17-25(28)30-33-29(22-13-5-2-6-14-22)34-31(35-30)27-20-24-16-8-7-15-23(24)19-26(27)21-11-3-1-4-12-21/h1-20H. The van der Waals surface area contributed by atoms with E-state index in [0.717, 1.165) is 33.2 Å². The summed E-state index contributed by atoms with van der Waals surface area (Å²) in [6.45, 7) is 0. The van der Waals surface area contributed by atoms with Crippen molar-refractivity contribution in [2.45, 2.75) is 0 Å². The number of aromatic nitrogens is 3. The van der Waals surface area contributed by atoms with Crippen LogP contribution in [0.4, 0.5) is 0 Å². The minimum atomic E-state index is 0.548. The third kappa shape index (κ3) is 4.18. The second kappa shape index (κ2) is 9.13. The van der Waals surface area contributed by atoms with E-state index in [1.807, 2.05) is 78.9 Å². The van der Waals surface area contributed by atoms with E-state index in [9.17, 15) is 0 Å². The van der Waals surface area contributed by atoms with Crippen LogP contribution in [0.15, 0.2) is 121 Å². The molecule has 0 atom stereocenters. The summed E-state index contributed by atoms with van der Waals surface area (Å²) in [5, 5.41) is 2.90. The fourth-order valence-electron chi connectivity index (χ4n) is 4.26. The van der Waals surface area contributed by atoms with Crippen molar-refractivity contribution in [3.63, 3.8) is 0 Å². The third-order valence-corrected chi connectivity index (χ3v) is 6.32. The van der Waals surface area contributed by atoms with Gasteiger partial charge in [-0.1, -0.05) is 109 Å². The van der Waals surface area contributed by atoms with Gasteiger partial charge in [-0.3, -0.25) is 0 Å². The Morgan fingerprint density at radius 3 is 1.54 bits per heavy atom. The van der Waals surface area contributed by atoms with E-state index in [-0.39, 0.29) is 0 Å². The molecule has 0 saturated heterocycles. The molecule has 0 fully saturated rings. The summed E-state index contributed by atoms with van der Waals surface area (Å²) in [4.78, 5) is 14.7. The van der Waals surface area contributed by atoms with Crippen LogP contribution < -0.4 is 0 Å². The molecule has 0 aliphatic heterocycles. The van der Waals surface area contributed by atoms with Crippen molar-refractivity contribution in [3.05, 3.63) is 126 Å². The molecule has 0 unspecified atom stereocenters. The van der Waals surface area contributed by atoms with E-state index in [2.05, 4.69) is 42.5 Å². The number of halogens is 1. The molecule has 6 rings (SSSR count). The van der Waals surface area contributed by atoms with Crippen molar-refractivity contribution in [1.82, 2.24) is 15.0 Å². The van der Waals surface area contributed by atoms with E-state index in [4.69, 9.17) is 26.6 Å². The van der Waals surface area contributed by atoms with Crippen molar-refractivity contribution in [1.29, 1.82) is 0 Å². The number of rotatable bonds is 4. The number of hydrogen-bond acceptors (Lipinski definition) is 3. The van der Waals surface area contributed by atoms with Crippen molar-refractivity contribution < 1.29 is 0 Å². The fourth-order valence-corrected chi connectivity index (χ4v) is 4.48. The molecule has 0 radical (unpaired) electrons. The molecule has 3 nitrogen and oxygen atoms in total. The Kier molecular flexibility index (Phi) is 5.53. The van der Waals surface area contributed by atoms with E-state index in [0.29, 0.717) is 22.5 Å². The normalized spacial score (nSPS) is 11.0. The van der Waals surface area contributed by atoms with Gasteiger partial charge in [0.15, 0.2) is 17.5 Å². The second-order valence-corrected chi connectivity index (χ2v) is 8.67. The Morgan fingerprint density at radius 2 is 0.886 bits per heavy atom. The summed E-state index contributed by atoms with van der Waals surface area (Å²) in [6, 6.07) is 40.7. The molecule has 0 N–H and O–H groups in total. The van der Waals surface area contributed by atoms with Crippen LogP contribution in [0.1, 0.15) is 0 Å². The van der Waals surface area contributed by atoms with Crippen molar-refractivity contribution in [2.24, 2.45) is 0 Å². The third-order valence-electron chi connectivity index (χ3n) is 5.99. The lowest BCUT2D eigenvalue weighted by atomic mass is 9.95. The number of benzene rings is 5. The highest BCUT2D eigenvalue weighted by atomic mass is 35.5. The maximum atomic E-state index is 6.56. The monoisotopic (exact) mass is 469 g/mol. The summed E-state index contributed by atoms with van der Waals surface area (Å²) in [7, 11) is 0. The van der Waals surface area contributed by atoms with Gasteiger partial charge < -0.3 is 0 Å². The van der Waals surface area contributed by atoms with Crippen LogP contribution in [0.25, 0.3) is 56.1 Å². The zero-order valence-electron chi connectivity index (χ0n) is 18.8. The Bertz CT molecular complexity index is 1650. The first-order valence-corrected chi connectivity index (χ1v) is 11.8. The summed E-state index contributed by atoms with van der Waals surface area (Å²) in [5.74, 6) is 1.77. The highest BCUT2D eigenvalue weighted by molar-refractivity contribution is 6.33. The maximum absolute atomic E-state index is 6.56. The maximum Gasteiger partial charge on any atom is 0.165 e. The van der Waals surface area contributed by atoms with Crippen LogP contribution in [0.5, 0.6) is 0 Å². The van der Waals surface area contributed by atoms with Crippen molar-refractivity contribution >= 4 is 22.4 Å². The van der Waals surface area contributed by atoms with Crippen molar-refractivity contribution in [3.8, 4) is 45.3 Å². The lowest BCUT2D eigenvalue weighted by Gasteiger charge is -2.14. The second-order valence-electron chi connectivity index (χ2n) is 8.26. The molecule has 0 aliphatic rings. The van der Waals surface area contributed by atoms with Crippen LogP contribution in [0.2, 0.25) is 5.02 Å². The first-order chi connectivity index (χ1) is 17.3. The minimum absolute atomic E-state index is 0.548. The zero-order chi connectivity index (χ0) is 23.6. The van der Waals surface area contributed by atoms with E-state index in [1.165, 1.54) is 5.39 Å². The van der Waals surface area contributed by atoms with Gasteiger partial charge in [0.1, 0.15) is 0 Å². The van der Waals surface area contributed by atoms with E-state index < -0.39 is 0 Å². The van der Waals surface area contributed by atoms with Gasteiger partial charge in [0.25, 0.3) is 0 Å². The number of hydrogen-bond donors (Lipinski definition) is 0. The first kappa shape index (κ1) is 21.2. The summed E-state index contributed by atoms with van der Waals surface area (Å²) in [5.41, 5.74) is 4.82. The van der Waals surface area contributed by atoms with Crippen LogP contribution in [-0.2, 0) is 0 Å². The zero-order valence-corrected chi connectivity index (χ0v) is 19.5. The van der Waals surface area contributed by atoms with E-state index in [1.54, 1.807) is 0 Å². The molecule has 0 amide bonds. The largest absolute Gasteiger partial charge is 0.208 e. The van der Waals surface area contributed by atoms with Crippen LogP contribution >= 0.6 is 11.6 Å². The van der Waals surface area contributed by atoms with Gasteiger partial charge in [-0.05, 0) is 46.2 Å². The lowest BCUT2D eigenvalue weighted by molar-refractivity contribution is 1.07. The molecule has 0 aliphatic carbocycles. The van der Waals surface area contributed by atoms with Crippen LogP contribution in [-0.4, -0.2) is 15.0 Å². The molecule has 5 aromatic carbocycles. The molecule has 35 heavy (non-hydrogen) atoms. The lowest BCUT2D eigenvalue weighted by Crippen LogP contribution is -2.01. The quantitative estimate of drug-likeness (QED) is 0.260. The molecular weight excluding hydrogens is 450 g/mol.